The molecule has 1 aromatic heterocycles. The number of benzene rings is 1. The van der Waals surface area contributed by atoms with Crippen LogP contribution in [0.3, 0.4) is 0 Å². The highest BCUT2D eigenvalue weighted by Crippen LogP contribution is 2.33. The number of aryl methyl sites for hydroxylation is 1. The van der Waals surface area contributed by atoms with E-state index in [9.17, 15) is 17.6 Å². The second-order valence-corrected chi connectivity index (χ2v) is 4.15. The van der Waals surface area contributed by atoms with E-state index in [0.717, 1.165) is 12.1 Å². The highest BCUT2D eigenvalue weighted by atomic mass is 19.4. The minimum Gasteiger partial charge on any atom is -0.486 e. The molecule has 0 radical (unpaired) electrons. The molecule has 0 spiro atoms. The Balaban J connectivity index is 2.17. The van der Waals surface area contributed by atoms with Crippen molar-refractivity contribution in [2.75, 3.05) is 0 Å². The van der Waals surface area contributed by atoms with Crippen molar-refractivity contribution < 1.29 is 22.3 Å². The zero-order valence-electron chi connectivity index (χ0n) is 10.7. The fraction of sp³-hybridized carbons (Fsp3) is 0.333. The Labute approximate surface area is 112 Å². The van der Waals surface area contributed by atoms with Gasteiger partial charge in [-0.3, -0.25) is 0 Å². The van der Waals surface area contributed by atoms with Crippen LogP contribution in [0.2, 0.25) is 0 Å². The highest BCUT2D eigenvalue weighted by molar-refractivity contribution is 5.31. The molecule has 0 N–H and O–H groups in total. The van der Waals surface area contributed by atoms with Gasteiger partial charge in [-0.25, -0.2) is 4.39 Å². The van der Waals surface area contributed by atoms with Gasteiger partial charge in [0.05, 0.1) is 5.56 Å². The first-order chi connectivity index (χ1) is 9.29. The Morgan fingerprint density at radius 1 is 1.25 bits per heavy atom. The van der Waals surface area contributed by atoms with Crippen LogP contribution in [0.5, 0.6) is 5.75 Å². The number of rotatable bonds is 3. The van der Waals surface area contributed by atoms with Crippen molar-refractivity contribution >= 4 is 0 Å². The Kier molecular flexibility index (Phi) is 3.65. The zero-order valence-corrected chi connectivity index (χ0v) is 10.7. The average Bonchev–Trinajstić information content (AvgIpc) is 2.68. The third-order valence-electron chi connectivity index (χ3n) is 2.79. The fourth-order valence-corrected chi connectivity index (χ4v) is 1.54. The average molecular weight is 289 g/mol. The topological polar surface area (TPSA) is 39.9 Å². The van der Waals surface area contributed by atoms with Gasteiger partial charge >= 0.3 is 6.18 Å². The van der Waals surface area contributed by atoms with Crippen LogP contribution in [0.25, 0.3) is 0 Å². The van der Waals surface area contributed by atoms with Gasteiger partial charge in [-0.05, 0) is 25.1 Å². The van der Waals surface area contributed by atoms with E-state index in [1.54, 1.807) is 18.5 Å². The van der Waals surface area contributed by atoms with E-state index in [4.69, 9.17) is 4.74 Å². The van der Waals surface area contributed by atoms with Crippen LogP contribution < -0.4 is 4.74 Å². The molecule has 20 heavy (non-hydrogen) atoms. The largest absolute Gasteiger partial charge is 0.486 e. The second kappa shape index (κ2) is 5.10. The molecule has 4 nitrogen and oxygen atoms in total. The molecule has 2 aromatic rings. The lowest BCUT2D eigenvalue weighted by molar-refractivity contribution is -0.140. The molecule has 0 fully saturated rings. The van der Waals surface area contributed by atoms with Crippen LogP contribution in [0.15, 0.2) is 18.2 Å². The Hall–Kier alpha value is -2.12. The molecule has 0 amide bonds. The van der Waals surface area contributed by atoms with Crippen molar-refractivity contribution in [3.05, 3.63) is 41.2 Å². The molecule has 0 saturated heterocycles. The number of hydrogen-bond donors (Lipinski definition) is 0. The standard InChI is InChI=1S/C12H11F4N3O/c1-7-17-18-11(19(7)2)6-20-8-3-4-10(13)9(5-8)12(14,15)16/h3-5H,6H2,1-2H3. The zero-order chi connectivity index (χ0) is 14.9. The first-order valence-electron chi connectivity index (χ1n) is 5.63. The van der Waals surface area contributed by atoms with Crippen LogP contribution >= 0.6 is 0 Å². The summed E-state index contributed by atoms with van der Waals surface area (Å²) in [5.74, 6) is -0.308. The summed E-state index contributed by atoms with van der Waals surface area (Å²) < 4.78 is 57.5. The predicted octanol–water partition coefficient (Wildman–Crippen LogP) is 2.86. The summed E-state index contributed by atoms with van der Waals surface area (Å²) in [6, 6.07) is 2.48. The summed E-state index contributed by atoms with van der Waals surface area (Å²) in [6.45, 7) is 1.68. The van der Waals surface area contributed by atoms with E-state index in [1.165, 1.54) is 0 Å². The van der Waals surface area contributed by atoms with Crippen molar-refractivity contribution in [3.63, 3.8) is 0 Å². The molecule has 2 rings (SSSR count). The summed E-state index contributed by atoms with van der Waals surface area (Å²) in [4.78, 5) is 0. The Bertz CT molecular complexity index is 622. The van der Waals surface area contributed by atoms with Crippen LogP contribution in [0.1, 0.15) is 17.2 Å². The lowest BCUT2D eigenvalue weighted by Gasteiger charge is -2.11. The van der Waals surface area contributed by atoms with E-state index in [0.29, 0.717) is 17.7 Å². The number of hydrogen-bond acceptors (Lipinski definition) is 3. The van der Waals surface area contributed by atoms with E-state index in [2.05, 4.69) is 10.2 Å². The van der Waals surface area contributed by atoms with E-state index in [-0.39, 0.29) is 12.4 Å². The number of ether oxygens (including phenoxy) is 1. The van der Waals surface area contributed by atoms with Crippen LogP contribution in [0.4, 0.5) is 17.6 Å². The molecule has 0 saturated carbocycles. The summed E-state index contributed by atoms with van der Waals surface area (Å²) in [7, 11) is 1.71. The molecular formula is C12H11F4N3O. The maximum Gasteiger partial charge on any atom is 0.419 e. The first kappa shape index (κ1) is 14.3. The molecule has 8 heteroatoms. The maximum atomic E-state index is 13.1. The quantitative estimate of drug-likeness (QED) is 0.816. The van der Waals surface area contributed by atoms with Crippen molar-refractivity contribution in [1.29, 1.82) is 0 Å². The van der Waals surface area contributed by atoms with Gasteiger partial charge in [0.25, 0.3) is 0 Å². The monoisotopic (exact) mass is 289 g/mol. The first-order valence-corrected chi connectivity index (χ1v) is 5.63. The predicted molar refractivity (Wildman–Crippen MR) is 61.5 cm³/mol. The van der Waals surface area contributed by atoms with Gasteiger partial charge in [0.2, 0.25) is 0 Å². The van der Waals surface area contributed by atoms with Crippen LogP contribution in [-0.2, 0) is 19.8 Å². The normalized spacial score (nSPS) is 11.7. The van der Waals surface area contributed by atoms with Crippen molar-refractivity contribution in [2.24, 2.45) is 7.05 Å². The number of nitrogens with zero attached hydrogens (tertiary/aromatic N) is 3. The van der Waals surface area contributed by atoms with Crippen LogP contribution in [-0.4, -0.2) is 14.8 Å². The summed E-state index contributed by atoms with van der Waals surface area (Å²) >= 11 is 0. The SMILES string of the molecule is Cc1nnc(COc2ccc(F)c(C(F)(F)F)c2)n1C. The molecule has 1 heterocycles. The summed E-state index contributed by atoms with van der Waals surface area (Å²) in [5.41, 5.74) is -1.36. The summed E-state index contributed by atoms with van der Waals surface area (Å²) in [6.07, 6.45) is -4.76. The van der Waals surface area contributed by atoms with Crippen molar-refractivity contribution in [3.8, 4) is 5.75 Å². The maximum absolute atomic E-state index is 13.1. The molecule has 0 atom stereocenters. The van der Waals surface area contributed by atoms with Gasteiger partial charge in [-0.15, -0.1) is 10.2 Å². The molecule has 0 bridgehead atoms. The van der Waals surface area contributed by atoms with Crippen LogP contribution in [0, 0.1) is 12.7 Å². The molecule has 0 aliphatic carbocycles. The van der Waals surface area contributed by atoms with Gasteiger partial charge in [0.15, 0.2) is 5.82 Å². The van der Waals surface area contributed by atoms with E-state index in [1.807, 2.05) is 0 Å². The molecular weight excluding hydrogens is 278 g/mol. The van der Waals surface area contributed by atoms with Gasteiger partial charge < -0.3 is 9.30 Å². The Morgan fingerprint density at radius 2 is 1.95 bits per heavy atom. The lowest BCUT2D eigenvalue weighted by Crippen LogP contribution is -2.09. The van der Waals surface area contributed by atoms with Gasteiger partial charge in [0.1, 0.15) is 24.0 Å². The van der Waals surface area contributed by atoms with Gasteiger partial charge in [-0.2, -0.15) is 13.2 Å². The number of halogens is 4. The second-order valence-electron chi connectivity index (χ2n) is 4.15. The van der Waals surface area contributed by atoms with Gasteiger partial charge in [-0.1, -0.05) is 0 Å². The molecule has 108 valence electrons. The third-order valence-corrected chi connectivity index (χ3v) is 2.79. The minimum absolute atomic E-state index is 0.0553. The lowest BCUT2D eigenvalue weighted by atomic mass is 10.2. The van der Waals surface area contributed by atoms with Gasteiger partial charge in [0, 0.05) is 7.05 Å². The van der Waals surface area contributed by atoms with E-state index >= 15 is 0 Å². The fourth-order valence-electron chi connectivity index (χ4n) is 1.54. The smallest absolute Gasteiger partial charge is 0.419 e. The molecule has 1 aromatic carbocycles. The number of aromatic nitrogens is 3. The Morgan fingerprint density at radius 3 is 2.50 bits per heavy atom. The molecule has 0 aliphatic heterocycles. The highest BCUT2D eigenvalue weighted by Gasteiger charge is 2.34. The molecule has 0 aliphatic rings. The van der Waals surface area contributed by atoms with E-state index < -0.39 is 17.6 Å². The third kappa shape index (κ3) is 2.89. The van der Waals surface area contributed by atoms with Crippen molar-refractivity contribution in [2.45, 2.75) is 19.7 Å². The minimum atomic E-state index is -4.76. The summed E-state index contributed by atoms with van der Waals surface area (Å²) in [5, 5.41) is 7.60. The van der Waals surface area contributed by atoms with Crippen molar-refractivity contribution in [1.82, 2.24) is 14.8 Å². The number of alkyl halides is 3. The molecule has 0 unspecified atom stereocenters.